The smallest absolute Gasteiger partial charge is 0.253 e. The number of nitrogens with zero attached hydrogens (tertiary/aromatic N) is 1. The molecule has 2 rings (SSSR count). The zero-order chi connectivity index (χ0) is 14.4. The summed E-state index contributed by atoms with van der Waals surface area (Å²) in [6.07, 6.45) is 5.03. The molecule has 0 atom stereocenters. The molecule has 6 heteroatoms. The van der Waals surface area contributed by atoms with Crippen LogP contribution in [-0.2, 0) is 4.79 Å². The Balaban J connectivity index is 1.89. The third kappa shape index (κ3) is 4.37. The number of carbonyl (C=O) groups is 2. The number of nitrogens with one attached hydrogen (secondary N) is 2. The third-order valence-electron chi connectivity index (χ3n) is 2.69. The molecule has 2 amide bonds. The van der Waals surface area contributed by atoms with Crippen molar-refractivity contribution in [2.45, 2.75) is 18.9 Å². The second-order valence-electron chi connectivity index (χ2n) is 4.49. The van der Waals surface area contributed by atoms with Gasteiger partial charge in [0.2, 0.25) is 5.91 Å². The number of rotatable bonds is 4. The quantitative estimate of drug-likeness (QED) is 0.638. The van der Waals surface area contributed by atoms with E-state index >= 15 is 0 Å². The Morgan fingerprint density at radius 1 is 1.40 bits per heavy atom. The first kappa shape index (κ1) is 14.0. The Kier molecular flexibility index (Phi) is 4.69. The van der Waals surface area contributed by atoms with Crippen LogP contribution in [0.2, 0.25) is 0 Å². The van der Waals surface area contributed by atoms with Crippen LogP contribution in [0.25, 0.3) is 0 Å². The van der Waals surface area contributed by atoms with Crippen molar-refractivity contribution >= 4 is 11.8 Å². The second kappa shape index (κ2) is 6.68. The lowest BCUT2D eigenvalue weighted by atomic mass is 10.2. The molecule has 104 valence electrons. The Morgan fingerprint density at radius 3 is 2.90 bits per heavy atom. The Morgan fingerprint density at radius 2 is 2.20 bits per heavy atom. The molecule has 0 aliphatic heterocycles. The van der Waals surface area contributed by atoms with Gasteiger partial charge in [0.05, 0.1) is 18.7 Å². The SMILES string of the molecule is NCC#Cc1cncc(C(=O)NCC(=O)NC2CC2)c1. The van der Waals surface area contributed by atoms with Gasteiger partial charge in [0.15, 0.2) is 0 Å². The van der Waals surface area contributed by atoms with E-state index in [1.54, 1.807) is 12.3 Å². The molecule has 1 aliphatic carbocycles. The number of nitrogens with two attached hydrogens (primary N) is 1. The number of hydrogen-bond acceptors (Lipinski definition) is 4. The van der Waals surface area contributed by atoms with Gasteiger partial charge in [-0.2, -0.15) is 0 Å². The fraction of sp³-hybridized carbons (Fsp3) is 0.357. The van der Waals surface area contributed by atoms with Crippen LogP contribution >= 0.6 is 0 Å². The van der Waals surface area contributed by atoms with Gasteiger partial charge in [-0.1, -0.05) is 11.8 Å². The van der Waals surface area contributed by atoms with Crippen LogP contribution in [0.15, 0.2) is 18.5 Å². The minimum Gasteiger partial charge on any atom is -0.352 e. The van der Waals surface area contributed by atoms with Crippen LogP contribution in [0, 0.1) is 11.8 Å². The Hall–Kier alpha value is -2.39. The average molecular weight is 272 g/mol. The normalized spacial score (nSPS) is 13.1. The van der Waals surface area contributed by atoms with Crippen molar-refractivity contribution in [2.24, 2.45) is 5.73 Å². The van der Waals surface area contributed by atoms with E-state index in [1.165, 1.54) is 6.20 Å². The molecular formula is C14H16N4O2. The first-order chi connectivity index (χ1) is 9.69. The molecule has 6 nitrogen and oxygen atoms in total. The van der Waals surface area contributed by atoms with Gasteiger partial charge >= 0.3 is 0 Å². The molecule has 0 unspecified atom stereocenters. The number of pyridine rings is 1. The molecular weight excluding hydrogens is 256 g/mol. The van der Waals surface area contributed by atoms with Crippen LogP contribution in [0.4, 0.5) is 0 Å². The molecule has 1 aromatic heterocycles. The van der Waals surface area contributed by atoms with Crippen LogP contribution < -0.4 is 16.4 Å². The van der Waals surface area contributed by atoms with Crippen molar-refractivity contribution in [2.75, 3.05) is 13.1 Å². The van der Waals surface area contributed by atoms with Crippen molar-refractivity contribution in [3.63, 3.8) is 0 Å². The largest absolute Gasteiger partial charge is 0.352 e. The van der Waals surface area contributed by atoms with E-state index in [4.69, 9.17) is 5.73 Å². The molecule has 4 N–H and O–H groups in total. The Bertz CT molecular complexity index is 570. The fourth-order valence-corrected chi connectivity index (χ4v) is 1.55. The lowest BCUT2D eigenvalue weighted by molar-refractivity contribution is -0.120. The molecule has 0 aromatic carbocycles. The predicted octanol–water partition coefficient (Wildman–Crippen LogP) is -0.600. The maximum atomic E-state index is 11.9. The summed E-state index contributed by atoms with van der Waals surface area (Å²) in [6.45, 7) is 0.214. The first-order valence-corrected chi connectivity index (χ1v) is 6.40. The molecule has 1 aromatic rings. The van der Waals surface area contributed by atoms with Crippen LogP contribution in [-0.4, -0.2) is 35.9 Å². The van der Waals surface area contributed by atoms with Crippen molar-refractivity contribution in [3.05, 3.63) is 29.6 Å². The van der Waals surface area contributed by atoms with Crippen molar-refractivity contribution in [1.82, 2.24) is 15.6 Å². The van der Waals surface area contributed by atoms with E-state index in [1.807, 2.05) is 0 Å². The van der Waals surface area contributed by atoms with Crippen LogP contribution in [0.5, 0.6) is 0 Å². The number of carbonyl (C=O) groups excluding carboxylic acids is 2. The van der Waals surface area contributed by atoms with Gasteiger partial charge in [-0.25, -0.2) is 0 Å². The minimum atomic E-state index is -0.347. The van der Waals surface area contributed by atoms with Gasteiger partial charge in [-0.15, -0.1) is 0 Å². The van der Waals surface area contributed by atoms with E-state index in [2.05, 4.69) is 27.5 Å². The molecule has 0 spiro atoms. The molecule has 1 fully saturated rings. The highest BCUT2D eigenvalue weighted by Gasteiger charge is 2.23. The number of aromatic nitrogens is 1. The highest BCUT2D eigenvalue weighted by atomic mass is 16.2. The van der Waals surface area contributed by atoms with E-state index < -0.39 is 0 Å². The monoisotopic (exact) mass is 272 g/mol. The summed E-state index contributed by atoms with van der Waals surface area (Å²) in [5.74, 6) is 4.97. The van der Waals surface area contributed by atoms with Crippen molar-refractivity contribution in [3.8, 4) is 11.8 Å². The summed E-state index contributed by atoms with van der Waals surface area (Å²) in [7, 11) is 0. The second-order valence-corrected chi connectivity index (χ2v) is 4.49. The predicted molar refractivity (Wildman–Crippen MR) is 73.7 cm³/mol. The fourth-order valence-electron chi connectivity index (χ4n) is 1.55. The number of hydrogen-bond donors (Lipinski definition) is 3. The van der Waals surface area contributed by atoms with E-state index in [9.17, 15) is 9.59 Å². The zero-order valence-corrected chi connectivity index (χ0v) is 11.0. The third-order valence-corrected chi connectivity index (χ3v) is 2.69. The van der Waals surface area contributed by atoms with Crippen LogP contribution in [0.1, 0.15) is 28.8 Å². The molecule has 1 saturated carbocycles. The van der Waals surface area contributed by atoms with Gasteiger partial charge in [0.25, 0.3) is 5.91 Å². The molecule has 0 bridgehead atoms. The molecule has 20 heavy (non-hydrogen) atoms. The molecule has 1 aliphatic rings. The minimum absolute atomic E-state index is 0.0337. The van der Waals surface area contributed by atoms with E-state index in [-0.39, 0.29) is 30.9 Å². The number of amides is 2. The van der Waals surface area contributed by atoms with Gasteiger partial charge in [0.1, 0.15) is 0 Å². The summed E-state index contributed by atoms with van der Waals surface area (Å²) < 4.78 is 0. The van der Waals surface area contributed by atoms with Crippen LogP contribution in [0.3, 0.4) is 0 Å². The lowest BCUT2D eigenvalue weighted by Gasteiger charge is -2.05. The van der Waals surface area contributed by atoms with Gasteiger partial charge < -0.3 is 16.4 Å². The highest BCUT2D eigenvalue weighted by molar-refractivity contribution is 5.96. The van der Waals surface area contributed by atoms with Crippen molar-refractivity contribution < 1.29 is 9.59 Å². The summed E-state index contributed by atoms with van der Waals surface area (Å²) >= 11 is 0. The summed E-state index contributed by atoms with van der Waals surface area (Å²) in [4.78, 5) is 27.3. The average Bonchev–Trinajstić information content (AvgIpc) is 3.26. The first-order valence-electron chi connectivity index (χ1n) is 6.40. The summed E-state index contributed by atoms with van der Waals surface area (Å²) in [6, 6.07) is 1.90. The van der Waals surface area contributed by atoms with Gasteiger partial charge in [-0.3, -0.25) is 14.6 Å². The molecule has 0 saturated heterocycles. The topological polar surface area (TPSA) is 97.1 Å². The Labute approximate surface area is 117 Å². The summed E-state index contributed by atoms with van der Waals surface area (Å²) in [5, 5.41) is 5.35. The maximum absolute atomic E-state index is 11.9. The highest BCUT2D eigenvalue weighted by Crippen LogP contribution is 2.18. The van der Waals surface area contributed by atoms with E-state index in [0.29, 0.717) is 11.1 Å². The van der Waals surface area contributed by atoms with Gasteiger partial charge in [-0.05, 0) is 18.9 Å². The van der Waals surface area contributed by atoms with Gasteiger partial charge in [0, 0.05) is 24.0 Å². The lowest BCUT2D eigenvalue weighted by Crippen LogP contribution is -2.37. The zero-order valence-electron chi connectivity index (χ0n) is 11.0. The molecule has 1 heterocycles. The van der Waals surface area contributed by atoms with Crippen molar-refractivity contribution in [1.29, 1.82) is 0 Å². The molecule has 0 radical (unpaired) electrons. The summed E-state index contributed by atoms with van der Waals surface area (Å²) in [5.41, 5.74) is 6.27. The van der Waals surface area contributed by atoms with E-state index in [0.717, 1.165) is 12.8 Å². The standard InChI is InChI=1S/C14H16N4O2/c15-5-1-2-10-6-11(8-16-7-10)14(20)17-9-13(19)18-12-3-4-12/h6-8,12H,3-5,9,15H2,(H,17,20)(H,18,19). The maximum Gasteiger partial charge on any atom is 0.253 e.